The molecule has 1 N–H and O–H groups in total. The van der Waals surface area contributed by atoms with Crippen molar-refractivity contribution in [1.82, 2.24) is 0 Å². The van der Waals surface area contributed by atoms with Crippen molar-refractivity contribution >= 4 is 11.6 Å². The molecule has 0 saturated carbocycles. The molecule has 0 saturated heterocycles. The van der Waals surface area contributed by atoms with E-state index >= 15 is 0 Å². The summed E-state index contributed by atoms with van der Waals surface area (Å²) >= 11 is 0. The first kappa shape index (κ1) is 16.0. The van der Waals surface area contributed by atoms with Gasteiger partial charge in [-0.25, -0.2) is 0 Å². The zero-order chi connectivity index (χ0) is 16.6. The Morgan fingerprint density at radius 1 is 0.750 bits per heavy atom. The molecular weight excluding hydrogens is 298 g/mol. The van der Waals surface area contributed by atoms with Gasteiger partial charge in [0.1, 0.15) is 12.7 Å². The highest BCUT2D eigenvalue weighted by Crippen LogP contribution is 2.25. The van der Waals surface area contributed by atoms with E-state index in [1.54, 1.807) is 0 Å². The first-order valence-corrected chi connectivity index (χ1v) is 7.89. The number of amides is 1. The molecule has 0 unspecified atom stereocenters. The van der Waals surface area contributed by atoms with Gasteiger partial charge in [0.2, 0.25) is 5.91 Å². The average molecular weight is 317 g/mol. The van der Waals surface area contributed by atoms with Gasteiger partial charge in [0.05, 0.1) is 0 Å². The minimum absolute atomic E-state index is 0.0106. The number of carbonyl (C=O) groups excluding carboxylic acids is 1. The van der Waals surface area contributed by atoms with E-state index in [1.165, 1.54) is 0 Å². The number of carbonyl (C=O) groups is 1. The highest BCUT2D eigenvalue weighted by atomic mass is 16.5. The lowest BCUT2D eigenvalue weighted by Crippen LogP contribution is -2.20. The van der Waals surface area contributed by atoms with Crippen molar-refractivity contribution in [3.8, 4) is 0 Å². The van der Waals surface area contributed by atoms with Crippen LogP contribution in [0, 0.1) is 0 Å². The van der Waals surface area contributed by atoms with Crippen LogP contribution >= 0.6 is 0 Å². The molecule has 0 heterocycles. The lowest BCUT2D eigenvalue weighted by Gasteiger charge is -2.18. The Hall–Kier alpha value is -2.91. The van der Waals surface area contributed by atoms with Crippen LogP contribution < -0.4 is 5.32 Å². The number of rotatable bonds is 6. The summed E-state index contributed by atoms with van der Waals surface area (Å²) in [6.07, 6.45) is -0.270. The maximum absolute atomic E-state index is 12.1. The number of ether oxygens (including phenoxy) is 1. The Balaban J connectivity index is 1.70. The van der Waals surface area contributed by atoms with Gasteiger partial charge in [-0.2, -0.15) is 0 Å². The molecule has 3 aromatic rings. The summed E-state index contributed by atoms with van der Waals surface area (Å²) in [7, 11) is 0. The Labute approximate surface area is 141 Å². The molecule has 3 heteroatoms. The SMILES string of the molecule is O=C(COC(c1ccccc1)c1ccccc1)Nc1ccccc1. The Morgan fingerprint density at radius 2 is 1.21 bits per heavy atom. The summed E-state index contributed by atoms with van der Waals surface area (Å²) in [5.74, 6) is -0.168. The van der Waals surface area contributed by atoms with Crippen molar-refractivity contribution < 1.29 is 9.53 Å². The second-order valence-corrected chi connectivity index (χ2v) is 5.43. The minimum Gasteiger partial charge on any atom is -0.359 e. The predicted octanol–water partition coefficient (Wildman–Crippen LogP) is 4.43. The maximum atomic E-state index is 12.1. The van der Waals surface area contributed by atoms with Crippen molar-refractivity contribution in [3.05, 3.63) is 102 Å². The minimum atomic E-state index is -0.270. The summed E-state index contributed by atoms with van der Waals surface area (Å²) in [6.45, 7) is -0.0106. The second kappa shape index (κ2) is 8.09. The molecule has 3 nitrogen and oxygen atoms in total. The molecular formula is C21H19NO2. The second-order valence-electron chi connectivity index (χ2n) is 5.43. The zero-order valence-electron chi connectivity index (χ0n) is 13.3. The lowest BCUT2D eigenvalue weighted by atomic mass is 10.0. The molecule has 3 aromatic carbocycles. The summed E-state index contributed by atoms with van der Waals surface area (Å²) in [5.41, 5.74) is 2.81. The normalized spacial score (nSPS) is 10.5. The third kappa shape index (κ3) is 4.31. The topological polar surface area (TPSA) is 38.3 Å². The molecule has 0 bridgehead atoms. The number of para-hydroxylation sites is 1. The van der Waals surface area contributed by atoms with Gasteiger partial charge in [0, 0.05) is 5.69 Å². The average Bonchev–Trinajstić information content (AvgIpc) is 2.64. The summed E-state index contributed by atoms with van der Waals surface area (Å²) < 4.78 is 5.94. The molecule has 0 aliphatic carbocycles. The fourth-order valence-electron chi connectivity index (χ4n) is 2.52. The van der Waals surface area contributed by atoms with Crippen LogP contribution in [-0.4, -0.2) is 12.5 Å². The molecule has 0 radical (unpaired) electrons. The maximum Gasteiger partial charge on any atom is 0.250 e. The van der Waals surface area contributed by atoms with E-state index in [9.17, 15) is 4.79 Å². The van der Waals surface area contributed by atoms with Crippen molar-refractivity contribution in [1.29, 1.82) is 0 Å². The van der Waals surface area contributed by atoms with Gasteiger partial charge in [-0.15, -0.1) is 0 Å². The molecule has 1 amide bonds. The van der Waals surface area contributed by atoms with E-state index in [-0.39, 0.29) is 18.6 Å². The van der Waals surface area contributed by atoms with E-state index in [1.807, 2.05) is 91.0 Å². The molecule has 0 aliphatic rings. The van der Waals surface area contributed by atoms with Crippen LogP contribution in [0.15, 0.2) is 91.0 Å². The van der Waals surface area contributed by atoms with Gasteiger partial charge in [0.25, 0.3) is 0 Å². The highest BCUT2D eigenvalue weighted by Gasteiger charge is 2.16. The quantitative estimate of drug-likeness (QED) is 0.730. The van der Waals surface area contributed by atoms with Crippen LogP contribution in [0.25, 0.3) is 0 Å². The van der Waals surface area contributed by atoms with Crippen molar-refractivity contribution in [2.24, 2.45) is 0 Å². The van der Waals surface area contributed by atoms with Gasteiger partial charge >= 0.3 is 0 Å². The van der Waals surface area contributed by atoms with Gasteiger partial charge in [0.15, 0.2) is 0 Å². The van der Waals surface area contributed by atoms with Gasteiger partial charge < -0.3 is 10.1 Å². The van der Waals surface area contributed by atoms with Gasteiger partial charge in [-0.3, -0.25) is 4.79 Å². The third-order valence-electron chi connectivity index (χ3n) is 3.64. The van der Waals surface area contributed by atoms with Crippen LogP contribution in [0.3, 0.4) is 0 Å². The van der Waals surface area contributed by atoms with Crippen LogP contribution in [0.5, 0.6) is 0 Å². The number of anilines is 1. The van der Waals surface area contributed by atoms with Crippen molar-refractivity contribution in [2.45, 2.75) is 6.10 Å². The van der Waals surface area contributed by atoms with E-state index in [0.717, 1.165) is 16.8 Å². The van der Waals surface area contributed by atoms with Crippen molar-refractivity contribution in [3.63, 3.8) is 0 Å². The monoisotopic (exact) mass is 317 g/mol. The summed E-state index contributed by atoms with van der Waals surface area (Å²) in [5, 5.41) is 2.84. The fourth-order valence-corrected chi connectivity index (χ4v) is 2.52. The van der Waals surface area contributed by atoms with E-state index in [4.69, 9.17) is 4.74 Å². The van der Waals surface area contributed by atoms with Gasteiger partial charge in [-0.1, -0.05) is 78.9 Å². The van der Waals surface area contributed by atoms with Crippen molar-refractivity contribution in [2.75, 3.05) is 11.9 Å². The predicted molar refractivity (Wildman–Crippen MR) is 95.8 cm³/mol. The largest absolute Gasteiger partial charge is 0.359 e. The third-order valence-corrected chi connectivity index (χ3v) is 3.64. The molecule has 3 rings (SSSR count). The number of benzene rings is 3. The number of nitrogens with one attached hydrogen (secondary N) is 1. The lowest BCUT2D eigenvalue weighted by molar-refractivity contribution is -0.121. The first-order valence-electron chi connectivity index (χ1n) is 7.89. The molecule has 120 valence electrons. The van der Waals surface area contributed by atoms with Crippen LogP contribution in [0.4, 0.5) is 5.69 Å². The van der Waals surface area contributed by atoms with Crippen LogP contribution in [0.1, 0.15) is 17.2 Å². The summed E-state index contributed by atoms with van der Waals surface area (Å²) in [6, 6.07) is 29.2. The van der Waals surface area contributed by atoms with Crippen LogP contribution in [0.2, 0.25) is 0 Å². The molecule has 0 spiro atoms. The fraction of sp³-hybridized carbons (Fsp3) is 0.0952. The van der Waals surface area contributed by atoms with E-state index in [2.05, 4.69) is 5.32 Å². The summed E-state index contributed by atoms with van der Waals surface area (Å²) in [4.78, 5) is 12.1. The van der Waals surface area contributed by atoms with Gasteiger partial charge in [-0.05, 0) is 23.3 Å². The molecule has 0 atom stereocenters. The molecule has 0 fully saturated rings. The number of hydrogen-bond donors (Lipinski definition) is 1. The van der Waals surface area contributed by atoms with E-state index < -0.39 is 0 Å². The Bertz CT molecular complexity index is 718. The first-order chi connectivity index (χ1) is 11.8. The molecule has 0 aliphatic heterocycles. The number of hydrogen-bond acceptors (Lipinski definition) is 2. The molecule has 24 heavy (non-hydrogen) atoms. The zero-order valence-corrected chi connectivity index (χ0v) is 13.3. The highest BCUT2D eigenvalue weighted by molar-refractivity contribution is 5.91. The standard InChI is InChI=1S/C21H19NO2/c23-20(22-19-14-8-3-9-15-19)16-24-21(17-10-4-1-5-11-17)18-12-6-2-7-13-18/h1-15,21H,16H2,(H,22,23). The molecule has 0 aromatic heterocycles. The van der Waals surface area contributed by atoms with E-state index in [0.29, 0.717) is 0 Å². The smallest absolute Gasteiger partial charge is 0.250 e. The Morgan fingerprint density at radius 3 is 1.71 bits per heavy atom. The Kier molecular flexibility index (Phi) is 5.38. The van der Waals surface area contributed by atoms with Crippen LogP contribution in [-0.2, 0) is 9.53 Å².